The van der Waals surface area contributed by atoms with E-state index in [0.717, 1.165) is 24.4 Å². The summed E-state index contributed by atoms with van der Waals surface area (Å²) in [4.78, 5) is 0. The molecule has 3 nitrogen and oxygen atoms in total. The van der Waals surface area contributed by atoms with E-state index in [1.54, 1.807) is 7.11 Å². The highest BCUT2D eigenvalue weighted by Gasteiger charge is 2.15. The maximum Gasteiger partial charge on any atom is 0.142 e. The van der Waals surface area contributed by atoms with Gasteiger partial charge in [-0.3, -0.25) is 0 Å². The van der Waals surface area contributed by atoms with Crippen LogP contribution in [-0.2, 0) is 0 Å². The van der Waals surface area contributed by atoms with Crippen LogP contribution in [0.3, 0.4) is 0 Å². The van der Waals surface area contributed by atoms with Crippen LogP contribution in [-0.4, -0.2) is 20.2 Å². The van der Waals surface area contributed by atoms with E-state index in [0.29, 0.717) is 6.54 Å². The SMILES string of the molecule is COc1cc(C)c(C)cc1NCCC(C)(C)CN. The summed E-state index contributed by atoms with van der Waals surface area (Å²) >= 11 is 0. The molecule has 0 aliphatic rings. The molecule has 0 atom stereocenters. The molecule has 0 fully saturated rings. The number of methoxy groups -OCH3 is 1. The number of hydrogen-bond acceptors (Lipinski definition) is 3. The van der Waals surface area contributed by atoms with Gasteiger partial charge in [-0.15, -0.1) is 0 Å². The molecule has 0 bridgehead atoms. The molecule has 3 heteroatoms. The molecular weight excluding hydrogens is 224 g/mol. The van der Waals surface area contributed by atoms with Crippen molar-refractivity contribution < 1.29 is 4.74 Å². The first-order valence-electron chi connectivity index (χ1n) is 6.49. The Kier molecular flexibility index (Phi) is 5.03. The predicted molar refractivity (Wildman–Crippen MR) is 78.4 cm³/mol. The zero-order valence-electron chi connectivity index (χ0n) is 12.3. The number of nitrogens with one attached hydrogen (secondary N) is 1. The van der Waals surface area contributed by atoms with Gasteiger partial charge in [0.15, 0.2) is 0 Å². The standard InChI is InChI=1S/C15H26N2O/c1-11-8-13(14(18-5)9-12(11)2)17-7-6-15(3,4)10-16/h8-9,17H,6-7,10,16H2,1-5H3. The van der Waals surface area contributed by atoms with E-state index in [1.807, 2.05) is 0 Å². The number of benzene rings is 1. The van der Waals surface area contributed by atoms with E-state index < -0.39 is 0 Å². The van der Waals surface area contributed by atoms with Crippen molar-refractivity contribution in [3.8, 4) is 5.75 Å². The van der Waals surface area contributed by atoms with Crippen LogP contribution in [0.25, 0.3) is 0 Å². The number of rotatable bonds is 6. The zero-order valence-corrected chi connectivity index (χ0v) is 12.3. The van der Waals surface area contributed by atoms with E-state index in [2.05, 4.69) is 45.1 Å². The van der Waals surface area contributed by atoms with Gasteiger partial charge in [-0.05, 0) is 55.5 Å². The summed E-state index contributed by atoms with van der Waals surface area (Å²) in [5.41, 5.74) is 9.50. The molecule has 0 aliphatic carbocycles. The Hall–Kier alpha value is -1.22. The van der Waals surface area contributed by atoms with Crippen LogP contribution in [0.4, 0.5) is 5.69 Å². The normalized spacial score (nSPS) is 11.4. The second kappa shape index (κ2) is 6.10. The lowest BCUT2D eigenvalue weighted by Gasteiger charge is -2.23. The number of anilines is 1. The molecule has 3 N–H and O–H groups in total. The van der Waals surface area contributed by atoms with Crippen molar-refractivity contribution >= 4 is 5.69 Å². The summed E-state index contributed by atoms with van der Waals surface area (Å²) in [6.45, 7) is 10.2. The van der Waals surface area contributed by atoms with Crippen LogP contribution in [0.1, 0.15) is 31.4 Å². The average molecular weight is 250 g/mol. The summed E-state index contributed by atoms with van der Waals surface area (Å²) in [6, 6.07) is 4.22. The Balaban J connectivity index is 2.70. The lowest BCUT2D eigenvalue weighted by Crippen LogP contribution is -2.26. The molecule has 102 valence electrons. The molecule has 1 aromatic rings. The molecule has 0 aliphatic heterocycles. The first-order chi connectivity index (χ1) is 8.39. The van der Waals surface area contributed by atoms with Gasteiger partial charge in [0.1, 0.15) is 5.75 Å². The average Bonchev–Trinajstić information content (AvgIpc) is 2.33. The maximum absolute atomic E-state index is 5.73. The molecule has 0 saturated carbocycles. The van der Waals surface area contributed by atoms with E-state index >= 15 is 0 Å². The molecule has 0 saturated heterocycles. The first-order valence-corrected chi connectivity index (χ1v) is 6.49. The molecule has 1 aromatic carbocycles. The molecule has 0 aromatic heterocycles. The second-order valence-corrected chi connectivity index (χ2v) is 5.68. The minimum Gasteiger partial charge on any atom is -0.495 e. The molecule has 1 rings (SSSR count). The largest absolute Gasteiger partial charge is 0.495 e. The minimum absolute atomic E-state index is 0.181. The van der Waals surface area contributed by atoms with Gasteiger partial charge < -0.3 is 15.8 Å². The lowest BCUT2D eigenvalue weighted by molar-refractivity contribution is 0.357. The van der Waals surface area contributed by atoms with Crippen molar-refractivity contribution in [2.75, 3.05) is 25.5 Å². The molecular formula is C15H26N2O. The highest BCUT2D eigenvalue weighted by atomic mass is 16.5. The van der Waals surface area contributed by atoms with E-state index in [4.69, 9.17) is 10.5 Å². The fourth-order valence-corrected chi connectivity index (χ4v) is 1.73. The van der Waals surface area contributed by atoms with Gasteiger partial charge in [0.25, 0.3) is 0 Å². The summed E-state index contributed by atoms with van der Waals surface area (Å²) in [5, 5.41) is 3.44. The smallest absolute Gasteiger partial charge is 0.142 e. The Morgan fingerprint density at radius 1 is 1.22 bits per heavy atom. The number of ether oxygens (including phenoxy) is 1. The third-order valence-corrected chi connectivity index (χ3v) is 3.49. The van der Waals surface area contributed by atoms with Gasteiger partial charge in [-0.1, -0.05) is 13.8 Å². The molecule has 0 amide bonds. The van der Waals surface area contributed by atoms with Gasteiger partial charge in [-0.25, -0.2) is 0 Å². The topological polar surface area (TPSA) is 47.3 Å². The van der Waals surface area contributed by atoms with Crippen LogP contribution in [0.5, 0.6) is 5.75 Å². The quantitative estimate of drug-likeness (QED) is 0.815. The maximum atomic E-state index is 5.73. The van der Waals surface area contributed by atoms with Crippen LogP contribution < -0.4 is 15.8 Å². The molecule has 0 unspecified atom stereocenters. The molecule has 18 heavy (non-hydrogen) atoms. The van der Waals surface area contributed by atoms with Crippen molar-refractivity contribution in [2.45, 2.75) is 34.1 Å². The highest BCUT2D eigenvalue weighted by Crippen LogP contribution is 2.28. The third-order valence-electron chi connectivity index (χ3n) is 3.49. The van der Waals surface area contributed by atoms with Gasteiger partial charge in [-0.2, -0.15) is 0 Å². The Bertz CT molecular complexity index is 400. The highest BCUT2D eigenvalue weighted by molar-refractivity contribution is 5.60. The fraction of sp³-hybridized carbons (Fsp3) is 0.600. The van der Waals surface area contributed by atoms with Crippen LogP contribution >= 0.6 is 0 Å². The minimum atomic E-state index is 0.181. The lowest BCUT2D eigenvalue weighted by atomic mass is 9.90. The van der Waals surface area contributed by atoms with Crippen molar-refractivity contribution in [2.24, 2.45) is 11.1 Å². The van der Waals surface area contributed by atoms with Crippen molar-refractivity contribution in [1.82, 2.24) is 0 Å². The van der Waals surface area contributed by atoms with Gasteiger partial charge >= 0.3 is 0 Å². The van der Waals surface area contributed by atoms with Gasteiger partial charge in [0.2, 0.25) is 0 Å². The Morgan fingerprint density at radius 2 is 1.83 bits per heavy atom. The molecule has 0 spiro atoms. The van der Waals surface area contributed by atoms with Crippen molar-refractivity contribution in [3.63, 3.8) is 0 Å². The zero-order chi connectivity index (χ0) is 13.8. The molecule has 0 heterocycles. The number of hydrogen-bond donors (Lipinski definition) is 2. The Labute approximate surface area is 111 Å². The van der Waals surface area contributed by atoms with Crippen LogP contribution in [0, 0.1) is 19.3 Å². The number of aryl methyl sites for hydroxylation is 2. The number of nitrogens with two attached hydrogens (primary N) is 1. The third kappa shape index (κ3) is 3.91. The summed E-state index contributed by atoms with van der Waals surface area (Å²) in [7, 11) is 1.71. The van der Waals surface area contributed by atoms with Crippen molar-refractivity contribution in [1.29, 1.82) is 0 Å². The van der Waals surface area contributed by atoms with Gasteiger partial charge in [0.05, 0.1) is 12.8 Å². The summed E-state index contributed by atoms with van der Waals surface area (Å²) in [6.07, 6.45) is 1.04. The monoisotopic (exact) mass is 250 g/mol. The Morgan fingerprint density at radius 3 is 2.39 bits per heavy atom. The predicted octanol–water partition coefficient (Wildman–Crippen LogP) is 3.10. The molecule has 0 radical (unpaired) electrons. The second-order valence-electron chi connectivity index (χ2n) is 5.68. The van der Waals surface area contributed by atoms with E-state index in [1.165, 1.54) is 11.1 Å². The van der Waals surface area contributed by atoms with E-state index in [-0.39, 0.29) is 5.41 Å². The van der Waals surface area contributed by atoms with Crippen molar-refractivity contribution in [3.05, 3.63) is 23.3 Å². The fourth-order valence-electron chi connectivity index (χ4n) is 1.73. The first kappa shape index (κ1) is 14.8. The van der Waals surface area contributed by atoms with E-state index in [9.17, 15) is 0 Å². The summed E-state index contributed by atoms with van der Waals surface area (Å²) < 4.78 is 5.40. The van der Waals surface area contributed by atoms with Gasteiger partial charge in [0, 0.05) is 6.54 Å². The van der Waals surface area contributed by atoms with Crippen LogP contribution in [0.15, 0.2) is 12.1 Å². The summed E-state index contributed by atoms with van der Waals surface area (Å²) in [5.74, 6) is 0.906. The van der Waals surface area contributed by atoms with Crippen LogP contribution in [0.2, 0.25) is 0 Å².